The molecule has 21 heavy (non-hydrogen) atoms. The number of nitrogens with two attached hydrogens (primary N) is 1. The van der Waals surface area contributed by atoms with Crippen LogP contribution in [0.3, 0.4) is 0 Å². The average molecular weight is 304 g/mol. The molecule has 0 bridgehead atoms. The van der Waals surface area contributed by atoms with E-state index >= 15 is 0 Å². The molecule has 2 aromatic carbocycles. The third-order valence-corrected chi connectivity index (χ3v) is 3.94. The second-order valence-corrected chi connectivity index (χ2v) is 5.40. The zero-order valence-electron chi connectivity index (χ0n) is 11.3. The molecule has 0 radical (unpaired) electrons. The lowest BCUT2D eigenvalue weighted by atomic mass is 10.1. The minimum absolute atomic E-state index is 0.0571. The van der Waals surface area contributed by atoms with Crippen molar-refractivity contribution >= 4 is 17.6 Å². The quantitative estimate of drug-likeness (QED) is 0.945. The minimum atomic E-state index is -0.342. The molecule has 3 nitrogen and oxygen atoms in total. The van der Waals surface area contributed by atoms with Gasteiger partial charge in [-0.25, -0.2) is 4.39 Å². The van der Waals surface area contributed by atoms with Gasteiger partial charge < -0.3 is 10.6 Å². The van der Waals surface area contributed by atoms with E-state index < -0.39 is 0 Å². The van der Waals surface area contributed by atoms with Crippen LogP contribution < -0.4 is 5.73 Å². The van der Waals surface area contributed by atoms with Crippen molar-refractivity contribution in [1.82, 2.24) is 4.90 Å². The van der Waals surface area contributed by atoms with Crippen LogP contribution in [0.4, 0.5) is 4.39 Å². The molecule has 108 valence electrons. The maximum absolute atomic E-state index is 13.2. The average Bonchev–Trinajstić information content (AvgIpc) is 2.82. The van der Waals surface area contributed by atoms with E-state index in [0.717, 1.165) is 11.1 Å². The highest BCUT2D eigenvalue weighted by Gasteiger charge is 2.29. The molecular weight excluding hydrogens is 289 g/mol. The molecule has 1 heterocycles. The van der Waals surface area contributed by atoms with Crippen LogP contribution in [0.25, 0.3) is 0 Å². The molecule has 2 aromatic rings. The summed E-state index contributed by atoms with van der Waals surface area (Å²) in [6.45, 7) is 1.18. The zero-order valence-corrected chi connectivity index (χ0v) is 12.1. The van der Waals surface area contributed by atoms with Gasteiger partial charge in [-0.3, -0.25) is 4.99 Å². The lowest BCUT2D eigenvalue weighted by Crippen LogP contribution is -2.35. The Hall–Kier alpha value is -2.07. The van der Waals surface area contributed by atoms with E-state index in [1.54, 1.807) is 6.07 Å². The number of nitrogens with zero attached hydrogens (tertiary/aromatic N) is 2. The van der Waals surface area contributed by atoms with Gasteiger partial charge in [0, 0.05) is 11.6 Å². The first-order valence-electron chi connectivity index (χ1n) is 6.70. The molecule has 3 rings (SSSR count). The summed E-state index contributed by atoms with van der Waals surface area (Å²) in [4.78, 5) is 6.30. The molecule has 0 saturated heterocycles. The first-order valence-corrected chi connectivity index (χ1v) is 7.08. The van der Waals surface area contributed by atoms with Crippen LogP contribution in [0.15, 0.2) is 53.5 Å². The molecule has 0 aromatic heterocycles. The molecule has 0 amide bonds. The normalized spacial score (nSPS) is 17.9. The van der Waals surface area contributed by atoms with Crippen molar-refractivity contribution in [3.63, 3.8) is 0 Å². The SMILES string of the molecule is NC1=NCC(c2ccc(F)cc2Cl)N1Cc1ccccc1. The zero-order chi connectivity index (χ0) is 14.8. The molecule has 1 unspecified atom stereocenters. The summed E-state index contributed by atoms with van der Waals surface area (Å²) < 4.78 is 13.2. The van der Waals surface area contributed by atoms with E-state index in [9.17, 15) is 4.39 Å². The van der Waals surface area contributed by atoms with Crippen LogP contribution in [0.2, 0.25) is 5.02 Å². The Morgan fingerprint density at radius 2 is 2.00 bits per heavy atom. The van der Waals surface area contributed by atoms with E-state index in [1.807, 2.05) is 35.2 Å². The summed E-state index contributed by atoms with van der Waals surface area (Å²) in [5.41, 5.74) is 7.98. The van der Waals surface area contributed by atoms with Gasteiger partial charge in [0.05, 0.1) is 12.6 Å². The molecule has 1 aliphatic heterocycles. The Morgan fingerprint density at radius 1 is 1.24 bits per heavy atom. The fraction of sp³-hybridized carbons (Fsp3) is 0.188. The van der Waals surface area contributed by atoms with Crippen LogP contribution in [0, 0.1) is 5.82 Å². The second kappa shape index (κ2) is 5.74. The highest BCUT2D eigenvalue weighted by atomic mass is 35.5. The van der Waals surface area contributed by atoms with Crippen LogP contribution in [0.5, 0.6) is 0 Å². The Bertz CT molecular complexity index is 672. The van der Waals surface area contributed by atoms with Crippen molar-refractivity contribution in [3.05, 3.63) is 70.5 Å². The molecule has 5 heteroatoms. The molecular formula is C16H15ClFN3. The van der Waals surface area contributed by atoms with Gasteiger partial charge >= 0.3 is 0 Å². The van der Waals surface area contributed by atoms with E-state index in [2.05, 4.69) is 4.99 Å². The molecule has 2 N–H and O–H groups in total. The van der Waals surface area contributed by atoms with Gasteiger partial charge in [0.25, 0.3) is 0 Å². The summed E-state index contributed by atoms with van der Waals surface area (Å²) >= 11 is 6.17. The standard InChI is InChI=1S/C16H15ClFN3/c17-14-8-12(18)6-7-13(14)15-9-20-16(19)21(15)10-11-4-2-1-3-5-11/h1-8,15H,9-10H2,(H2,19,20). The van der Waals surface area contributed by atoms with Crippen molar-refractivity contribution in [1.29, 1.82) is 0 Å². The third-order valence-electron chi connectivity index (χ3n) is 3.61. The number of halogens is 2. The summed E-state index contributed by atoms with van der Waals surface area (Å²) in [5.74, 6) is 0.148. The fourth-order valence-corrected chi connectivity index (χ4v) is 2.83. The number of benzene rings is 2. The van der Waals surface area contributed by atoms with E-state index in [1.165, 1.54) is 12.1 Å². The summed E-state index contributed by atoms with van der Waals surface area (Å²) in [7, 11) is 0. The van der Waals surface area contributed by atoms with Crippen molar-refractivity contribution in [2.24, 2.45) is 10.7 Å². The lowest BCUT2D eigenvalue weighted by Gasteiger charge is -2.27. The highest BCUT2D eigenvalue weighted by molar-refractivity contribution is 6.31. The summed E-state index contributed by atoms with van der Waals surface area (Å²) in [5, 5.41) is 0.406. The molecule has 0 saturated carbocycles. The van der Waals surface area contributed by atoms with E-state index in [4.69, 9.17) is 17.3 Å². The van der Waals surface area contributed by atoms with Crippen LogP contribution >= 0.6 is 11.6 Å². The number of hydrogen-bond donors (Lipinski definition) is 1. The van der Waals surface area contributed by atoms with Crippen molar-refractivity contribution in [2.75, 3.05) is 6.54 Å². The predicted octanol–water partition coefficient (Wildman–Crippen LogP) is 3.35. The summed E-state index contributed by atoms with van der Waals surface area (Å²) in [6, 6.07) is 14.4. The number of guanidine groups is 1. The van der Waals surface area contributed by atoms with Gasteiger partial charge in [0.15, 0.2) is 5.96 Å². The molecule has 0 aliphatic carbocycles. The number of hydrogen-bond acceptors (Lipinski definition) is 3. The molecule has 0 fully saturated rings. The van der Waals surface area contributed by atoms with Crippen LogP contribution in [0.1, 0.15) is 17.2 Å². The fourth-order valence-electron chi connectivity index (χ4n) is 2.54. The van der Waals surface area contributed by atoms with E-state index in [-0.39, 0.29) is 11.9 Å². The Morgan fingerprint density at radius 3 is 2.71 bits per heavy atom. The predicted molar refractivity (Wildman–Crippen MR) is 82.6 cm³/mol. The van der Waals surface area contributed by atoms with Crippen molar-refractivity contribution in [2.45, 2.75) is 12.6 Å². The number of rotatable bonds is 3. The molecule has 0 spiro atoms. The second-order valence-electron chi connectivity index (χ2n) is 4.99. The van der Waals surface area contributed by atoms with Gasteiger partial charge in [-0.15, -0.1) is 0 Å². The largest absolute Gasteiger partial charge is 0.370 e. The van der Waals surface area contributed by atoms with Gasteiger partial charge in [0.1, 0.15) is 5.82 Å². The molecule has 1 aliphatic rings. The van der Waals surface area contributed by atoms with Gasteiger partial charge in [0.2, 0.25) is 0 Å². The van der Waals surface area contributed by atoms with Crippen molar-refractivity contribution in [3.8, 4) is 0 Å². The first-order chi connectivity index (χ1) is 10.1. The lowest BCUT2D eigenvalue weighted by molar-refractivity contribution is 0.340. The summed E-state index contributed by atoms with van der Waals surface area (Å²) in [6.07, 6.45) is 0. The minimum Gasteiger partial charge on any atom is -0.370 e. The maximum Gasteiger partial charge on any atom is 0.192 e. The smallest absolute Gasteiger partial charge is 0.192 e. The third kappa shape index (κ3) is 2.85. The van der Waals surface area contributed by atoms with Gasteiger partial charge in [-0.1, -0.05) is 48.0 Å². The van der Waals surface area contributed by atoms with Crippen molar-refractivity contribution < 1.29 is 4.39 Å². The number of aliphatic imine (C=N–C) groups is 1. The van der Waals surface area contributed by atoms with Gasteiger partial charge in [-0.2, -0.15) is 0 Å². The van der Waals surface area contributed by atoms with E-state index in [0.29, 0.717) is 24.1 Å². The monoisotopic (exact) mass is 303 g/mol. The topological polar surface area (TPSA) is 41.6 Å². The van der Waals surface area contributed by atoms with Crippen LogP contribution in [-0.4, -0.2) is 17.4 Å². The Balaban J connectivity index is 1.88. The van der Waals surface area contributed by atoms with Gasteiger partial charge in [-0.05, 0) is 23.3 Å². The maximum atomic E-state index is 13.2. The molecule has 1 atom stereocenters. The highest BCUT2D eigenvalue weighted by Crippen LogP contribution is 2.32. The Kier molecular flexibility index (Phi) is 3.80. The first kappa shape index (κ1) is 13.9. The van der Waals surface area contributed by atoms with Crippen LogP contribution in [-0.2, 0) is 6.54 Å². The Labute approximate surface area is 127 Å².